The minimum atomic E-state index is 0.727. The van der Waals surface area contributed by atoms with E-state index in [0.717, 1.165) is 35.6 Å². The molecular weight excluding hydrogens is 286 g/mol. The fourth-order valence-electron chi connectivity index (χ4n) is 2.20. The summed E-state index contributed by atoms with van der Waals surface area (Å²) in [6, 6.07) is 21.2. The first-order valence-electron chi connectivity index (χ1n) is 7.39. The van der Waals surface area contributed by atoms with E-state index in [1.807, 2.05) is 73.8 Å². The molecule has 3 aromatic rings. The molecule has 0 heterocycles. The molecule has 0 aliphatic rings. The molecule has 3 rings (SSSR count). The molecule has 0 saturated carbocycles. The molecule has 0 aromatic heterocycles. The van der Waals surface area contributed by atoms with E-state index in [-0.39, 0.29) is 0 Å². The molecule has 0 bridgehead atoms. The Morgan fingerprint density at radius 2 is 1.39 bits per heavy atom. The van der Waals surface area contributed by atoms with E-state index in [0.29, 0.717) is 0 Å². The molecule has 0 atom stereocenters. The van der Waals surface area contributed by atoms with Crippen molar-refractivity contribution in [3.05, 3.63) is 83.4 Å². The van der Waals surface area contributed by atoms with Gasteiger partial charge in [-0.15, -0.1) is 0 Å². The molecule has 0 spiro atoms. The van der Waals surface area contributed by atoms with E-state index in [2.05, 4.69) is 5.32 Å². The highest BCUT2D eigenvalue weighted by atomic mass is 16.1. The molecule has 3 heteroatoms. The van der Waals surface area contributed by atoms with Crippen LogP contribution in [-0.2, 0) is 6.54 Å². The minimum Gasteiger partial charge on any atom is -0.316 e. The van der Waals surface area contributed by atoms with Crippen molar-refractivity contribution in [1.29, 1.82) is 0 Å². The summed E-state index contributed by atoms with van der Waals surface area (Å²) in [7, 11) is 1.90. The van der Waals surface area contributed by atoms with Crippen molar-refractivity contribution in [2.75, 3.05) is 7.05 Å². The van der Waals surface area contributed by atoms with Crippen molar-refractivity contribution < 1.29 is 9.59 Å². The second-order valence-electron chi connectivity index (χ2n) is 5.11. The van der Waals surface area contributed by atoms with E-state index in [9.17, 15) is 9.59 Å². The van der Waals surface area contributed by atoms with Crippen LogP contribution in [0.2, 0.25) is 0 Å². The topological polar surface area (TPSA) is 46.2 Å². The standard InChI is InChI=1S/C11H8O.C9H11NO/c12-8-9-5-6-10-3-1-2-4-11(10)7-9;1-10-6-8-2-4-9(7-11)5-3-8/h1-8H;2-5,7,10H,6H2,1H3. The quantitative estimate of drug-likeness (QED) is 0.744. The molecular formula is C20H19NO2. The van der Waals surface area contributed by atoms with Crippen molar-refractivity contribution in [3.63, 3.8) is 0 Å². The van der Waals surface area contributed by atoms with Gasteiger partial charge in [0.1, 0.15) is 12.6 Å². The SMILES string of the molecule is CNCc1ccc(C=O)cc1.O=Cc1ccc2ccccc2c1. The highest BCUT2D eigenvalue weighted by molar-refractivity contribution is 5.88. The van der Waals surface area contributed by atoms with Gasteiger partial charge in [-0.05, 0) is 29.4 Å². The molecule has 0 saturated heterocycles. The second kappa shape index (κ2) is 8.61. The van der Waals surface area contributed by atoms with Gasteiger partial charge >= 0.3 is 0 Å². The molecule has 1 N–H and O–H groups in total. The third-order valence-corrected chi connectivity index (χ3v) is 3.41. The molecule has 0 aliphatic carbocycles. The van der Waals surface area contributed by atoms with Crippen LogP contribution in [0.4, 0.5) is 0 Å². The smallest absolute Gasteiger partial charge is 0.150 e. The van der Waals surface area contributed by atoms with E-state index < -0.39 is 0 Å². The van der Waals surface area contributed by atoms with Crippen molar-refractivity contribution in [3.8, 4) is 0 Å². The van der Waals surface area contributed by atoms with Crippen LogP contribution in [0.1, 0.15) is 26.3 Å². The van der Waals surface area contributed by atoms with Crippen LogP contribution in [-0.4, -0.2) is 19.6 Å². The lowest BCUT2D eigenvalue weighted by Gasteiger charge is -1.98. The minimum absolute atomic E-state index is 0.727. The highest BCUT2D eigenvalue weighted by Gasteiger charge is 1.93. The van der Waals surface area contributed by atoms with Crippen LogP contribution in [0, 0.1) is 0 Å². The summed E-state index contributed by atoms with van der Waals surface area (Å²) in [5.74, 6) is 0. The summed E-state index contributed by atoms with van der Waals surface area (Å²) in [4.78, 5) is 20.7. The third kappa shape index (κ3) is 4.87. The van der Waals surface area contributed by atoms with Crippen molar-refractivity contribution in [2.45, 2.75) is 6.54 Å². The maximum Gasteiger partial charge on any atom is 0.150 e. The van der Waals surface area contributed by atoms with Crippen LogP contribution in [0.5, 0.6) is 0 Å². The van der Waals surface area contributed by atoms with Gasteiger partial charge in [-0.2, -0.15) is 0 Å². The molecule has 0 radical (unpaired) electrons. The first kappa shape index (κ1) is 16.6. The molecule has 116 valence electrons. The first-order valence-corrected chi connectivity index (χ1v) is 7.39. The number of hydrogen-bond donors (Lipinski definition) is 1. The zero-order valence-corrected chi connectivity index (χ0v) is 13.0. The Kier molecular flexibility index (Phi) is 6.21. The summed E-state index contributed by atoms with van der Waals surface area (Å²) >= 11 is 0. The van der Waals surface area contributed by atoms with Gasteiger partial charge in [0, 0.05) is 17.7 Å². The van der Waals surface area contributed by atoms with E-state index >= 15 is 0 Å². The van der Waals surface area contributed by atoms with E-state index in [1.54, 1.807) is 0 Å². The van der Waals surface area contributed by atoms with Crippen LogP contribution in [0.15, 0.2) is 66.7 Å². The zero-order valence-electron chi connectivity index (χ0n) is 13.0. The number of carbonyl (C=O) groups excluding carboxylic acids is 2. The predicted molar refractivity (Wildman–Crippen MR) is 93.9 cm³/mol. The second-order valence-corrected chi connectivity index (χ2v) is 5.11. The maximum absolute atomic E-state index is 10.5. The Morgan fingerprint density at radius 3 is 2.00 bits per heavy atom. The Bertz CT molecular complexity index is 779. The molecule has 0 aliphatic heterocycles. The monoisotopic (exact) mass is 305 g/mol. The number of carbonyl (C=O) groups is 2. The molecule has 3 aromatic carbocycles. The maximum atomic E-state index is 10.5. The summed E-state index contributed by atoms with van der Waals surface area (Å²) in [6.07, 6.45) is 1.72. The number of benzene rings is 3. The van der Waals surface area contributed by atoms with Crippen LogP contribution >= 0.6 is 0 Å². The highest BCUT2D eigenvalue weighted by Crippen LogP contribution is 2.14. The zero-order chi connectivity index (χ0) is 16.5. The number of rotatable bonds is 4. The Hall–Kier alpha value is -2.78. The molecule has 0 unspecified atom stereocenters. The van der Waals surface area contributed by atoms with Gasteiger partial charge in [-0.3, -0.25) is 9.59 Å². The van der Waals surface area contributed by atoms with Gasteiger partial charge in [0.2, 0.25) is 0 Å². The van der Waals surface area contributed by atoms with E-state index in [4.69, 9.17) is 0 Å². The van der Waals surface area contributed by atoms with Gasteiger partial charge < -0.3 is 5.32 Å². The van der Waals surface area contributed by atoms with Gasteiger partial charge in [0.05, 0.1) is 0 Å². The Labute approximate surface area is 136 Å². The predicted octanol–water partition coefficient (Wildman–Crippen LogP) is 3.87. The van der Waals surface area contributed by atoms with Crippen molar-refractivity contribution in [2.24, 2.45) is 0 Å². The lowest BCUT2D eigenvalue weighted by Crippen LogP contribution is -2.04. The van der Waals surface area contributed by atoms with Gasteiger partial charge in [0.15, 0.2) is 0 Å². The average Bonchev–Trinajstić information content (AvgIpc) is 2.63. The largest absolute Gasteiger partial charge is 0.316 e. The summed E-state index contributed by atoms with van der Waals surface area (Å²) in [6.45, 7) is 0.846. The molecule has 0 amide bonds. The third-order valence-electron chi connectivity index (χ3n) is 3.41. The summed E-state index contributed by atoms with van der Waals surface area (Å²) < 4.78 is 0. The number of hydrogen-bond acceptors (Lipinski definition) is 3. The van der Waals surface area contributed by atoms with Gasteiger partial charge in [0.25, 0.3) is 0 Å². The van der Waals surface area contributed by atoms with Gasteiger partial charge in [-0.1, -0.05) is 60.7 Å². The molecule has 0 fully saturated rings. The normalized spacial score (nSPS) is 9.78. The lowest BCUT2D eigenvalue weighted by atomic mass is 10.1. The van der Waals surface area contributed by atoms with E-state index in [1.165, 1.54) is 10.9 Å². The summed E-state index contributed by atoms with van der Waals surface area (Å²) in [5.41, 5.74) is 2.65. The lowest BCUT2D eigenvalue weighted by molar-refractivity contribution is 0.111. The number of aldehydes is 2. The molecule has 23 heavy (non-hydrogen) atoms. The Morgan fingerprint density at radius 1 is 0.783 bits per heavy atom. The Balaban J connectivity index is 0.000000168. The van der Waals surface area contributed by atoms with Crippen LogP contribution in [0.25, 0.3) is 10.8 Å². The van der Waals surface area contributed by atoms with Crippen LogP contribution < -0.4 is 5.32 Å². The van der Waals surface area contributed by atoms with Gasteiger partial charge in [-0.25, -0.2) is 0 Å². The number of nitrogens with one attached hydrogen (secondary N) is 1. The average molecular weight is 305 g/mol. The first-order chi connectivity index (χ1) is 11.3. The van der Waals surface area contributed by atoms with Crippen LogP contribution in [0.3, 0.4) is 0 Å². The number of fused-ring (bicyclic) bond motifs is 1. The van der Waals surface area contributed by atoms with Crippen molar-refractivity contribution in [1.82, 2.24) is 5.32 Å². The fourth-order valence-corrected chi connectivity index (χ4v) is 2.20. The van der Waals surface area contributed by atoms with Crippen molar-refractivity contribution >= 4 is 23.3 Å². The summed E-state index contributed by atoms with van der Waals surface area (Å²) in [5, 5.41) is 5.32. The fraction of sp³-hybridized carbons (Fsp3) is 0.100. The molecule has 3 nitrogen and oxygen atoms in total.